The number of aryl methyl sites for hydroxylation is 1. The van der Waals surface area contributed by atoms with E-state index in [2.05, 4.69) is 32.3 Å². The van der Waals surface area contributed by atoms with Gasteiger partial charge < -0.3 is 14.8 Å². The molecule has 230 valence electrons. The largest absolute Gasteiger partial charge is 0.486 e. The Hall–Kier alpha value is -0.360. The first-order valence-electron chi connectivity index (χ1n) is 12.1. The van der Waals surface area contributed by atoms with Crippen molar-refractivity contribution in [3.63, 3.8) is 0 Å². The molecule has 1 saturated carbocycles. The summed E-state index contributed by atoms with van der Waals surface area (Å²) in [5.41, 5.74) is 2.34. The first-order valence-corrected chi connectivity index (χ1v) is 17.0. The van der Waals surface area contributed by atoms with Gasteiger partial charge in [-0.2, -0.15) is 114 Å². The first kappa shape index (κ1) is 35.5. The molecule has 0 radical (unpaired) electrons. The lowest BCUT2D eigenvalue weighted by Gasteiger charge is -2.43. The summed E-state index contributed by atoms with van der Waals surface area (Å²) in [4.78, 5) is 15.4. The maximum atomic E-state index is 11.2. The second-order valence-electron chi connectivity index (χ2n) is 9.27. The number of nitrogens with one attached hydrogen (secondary N) is 1. The van der Waals surface area contributed by atoms with Gasteiger partial charge in [-0.3, -0.25) is 9.55 Å². The van der Waals surface area contributed by atoms with E-state index in [0.29, 0.717) is 22.4 Å². The van der Waals surface area contributed by atoms with E-state index in [-0.39, 0.29) is 13.2 Å². The molecular weight excluding hydrogens is 739 g/mol. The van der Waals surface area contributed by atoms with Crippen LogP contribution in [0.5, 0.6) is 5.75 Å². The third-order valence-corrected chi connectivity index (χ3v) is 17.6. The van der Waals surface area contributed by atoms with Crippen molar-refractivity contribution in [2.24, 2.45) is 0 Å². The molecule has 1 fully saturated rings. The molecule has 1 aliphatic rings. The van der Waals surface area contributed by atoms with E-state index in [9.17, 15) is 4.79 Å². The van der Waals surface area contributed by atoms with Gasteiger partial charge in [0.1, 0.15) is 32.8 Å². The third-order valence-electron chi connectivity index (χ3n) is 6.52. The molecule has 2 heterocycles. The van der Waals surface area contributed by atoms with Gasteiger partial charge in [-0.15, -0.1) is 10.2 Å². The van der Waals surface area contributed by atoms with Crippen LogP contribution in [0.25, 0.3) is 5.69 Å². The number of pyridine rings is 1. The van der Waals surface area contributed by atoms with Crippen LogP contribution in [0.3, 0.4) is 0 Å². The van der Waals surface area contributed by atoms with Crippen LogP contribution in [0.4, 0.5) is 4.79 Å². The van der Waals surface area contributed by atoms with Crippen LogP contribution >= 0.6 is 125 Å². The normalized spacial score (nSPS) is 18.8. The highest BCUT2D eigenvalue weighted by Gasteiger charge is 2.81. The lowest BCUT2D eigenvalue weighted by Crippen LogP contribution is -2.49. The molecule has 3 aromatic rings. The van der Waals surface area contributed by atoms with Gasteiger partial charge in [0, 0.05) is 18.8 Å². The summed E-state index contributed by atoms with van der Waals surface area (Å²) in [5.74, 6) is 6.89. The van der Waals surface area contributed by atoms with Crippen LogP contribution in [-0.4, -0.2) is 59.9 Å². The van der Waals surface area contributed by atoms with Gasteiger partial charge in [-0.05, 0) is 42.8 Å². The molecule has 1 aromatic carbocycles. The number of nitrogens with zero attached hydrogens (tertiary/aromatic N) is 4. The van der Waals surface area contributed by atoms with E-state index in [1.54, 1.807) is 29.1 Å². The number of alkyl carbamates (subject to hydrolysis) is 1. The Labute approximate surface area is 303 Å². The molecule has 0 spiro atoms. The summed E-state index contributed by atoms with van der Waals surface area (Å²) in [7, 11) is 1.48. The van der Waals surface area contributed by atoms with Gasteiger partial charge in [0.05, 0.1) is 11.9 Å². The molecule has 0 saturated heterocycles. The highest BCUT2D eigenvalue weighted by Crippen LogP contribution is 2.78. The van der Waals surface area contributed by atoms with Gasteiger partial charge in [0.2, 0.25) is 0 Å². The summed E-state index contributed by atoms with van der Waals surface area (Å²) < 4.78 is 6.11. The smallest absolute Gasteiger partial charge is 0.407 e. The molecule has 8 nitrogen and oxygen atoms in total. The van der Waals surface area contributed by atoms with Crippen molar-refractivity contribution < 1.29 is 14.3 Å². The van der Waals surface area contributed by atoms with E-state index < -0.39 is 26.5 Å². The molecule has 4 rings (SSSR count). The fourth-order valence-electron chi connectivity index (χ4n) is 4.00. The highest BCUT2D eigenvalue weighted by atomic mass is 32.2. The number of amides is 1. The van der Waals surface area contributed by atoms with E-state index in [0.717, 1.165) is 11.1 Å². The Morgan fingerprint density at radius 1 is 1.00 bits per heavy atom. The van der Waals surface area contributed by atoms with Crippen LogP contribution in [0.15, 0.2) is 47.9 Å². The van der Waals surface area contributed by atoms with Crippen LogP contribution < -0.4 is 10.1 Å². The summed E-state index contributed by atoms with van der Waals surface area (Å²) in [6.45, 7) is 1.95. The SMILES string of the molecule is CNC(=O)OCC#Cc1ccc(OCc2nnc(SC3(S)C(S)(S)C(S)(S)C(S)(S)C3(S)S)n2-c2cccnc2)cc1C. The summed E-state index contributed by atoms with van der Waals surface area (Å²) in [6.07, 6.45) is 2.80. The molecule has 1 aliphatic carbocycles. The zero-order chi connectivity index (χ0) is 31.8. The summed E-state index contributed by atoms with van der Waals surface area (Å²) in [5, 5.41) is 11.7. The molecular formula is C25H27N5O3S10. The number of hydrogen-bond acceptors (Lipinski definition) is 16. The van der Waals surface area contributed by atoms with Gasteiger partial charge in [0.25, 0.3) is 0 Å². The second kappa shape index (κ2) is 13.4. The molecule has 0 bridgehead atoms. The van der Waals surface area contributed by atoms with Gasteiger partial charge in [-0.1, -0.05) is 23.6 Å². The van der Waals surface area contributed by atoms with E-state index >= 15 is 0 Å². The second-order valence-corrected chi connectivity index (χ2v) is 18.2. The van der Waals surface area contributed by atoms with Gasteiger partial charge >= 0.3 is 6.09 Å². The van der Waals surface area contributed by atoms with Crippen molar-refractivity contribution in [3.05, 3.63) is 59.7 Å². The molecule has 18 heteroatoms. The highest BCUT2D eigenvalue weighted by molar-refractivity contribution is 8.21. The van der Waals surface area contributed by atoms with Gasteiger partial charge in [0.15, 0.2) is 17.6 Å². The van der Waals surface area contributed by atoms with Crippen LogP contribution in [0.1, 0.15) is 17.0 Å². The maximum absolute atomic E-state index is 11.2. The summed E-state index contributed by atoms with van der Waals surface area (Å²) >= 11 is 44.4. The van der Waals surface area contributed by atoms with Crippen molar-refractivity contribution in [1.82, 2.24) is 25.1 Å². The maximum Gasteiger partial charge on any atom is 0.407 e. The van der Waals surface area contributed by atoms with Crippen LogP contribution in [0, 0.1) is 18.8 Å². The molecule has 0 aliphatic heterocycles. The average Bonchev–Trinajstić information content (AvgIpc) is 3.37. The minimum atomic E-state index is -1.36. The minimum Gasteiger partial charge on any atom is -0.486 e. The van der Waals surface area contributed by atoms with Crippen molar-refractivity contribution in [2.45, 2.75) is 39.1 Å². The Kier molecular flexibility index (Phi) is 11.1. The van der Waals surface area contributed by atoms with E-state index in [4.69, 9.17) is 123 Å². The number of thiol groups is 9. The van der Waals surface area contributed by atoms with Crippen molar-refractivity contribution in [2.75, 3.05) is 13.7 Å². The Morgan fingerprint density at radius 3 is 2.26 bits per heavy atom. The zero-order valence-electron chi connectivity index (χ0n) is 22.4. The Balaban J connectivity index is 1.63. The van der Waals surface area contributed by atoms with Gasteiger partial charge in [-0.25, -0.2) is 4.79 Å². The fourth-order valence-corrected chi connectivity index (χ4v) is 10.8. The first-order chi connectivity index (χ1) is 20.0. The van der Waals surface area contributed by atoms with Crippen LogP contribution in [0.2, 0.25) is 0 Å². The Bertz CT molecular complexity index is 1540. The topological polar surface area (TPSA) is 91.2 Å². The molecule has 2 aromatic heterocycles. The lowest BCUT2D eigenvalue weighted by atomic mass is 10.1. The zero-order valence-corrected chi connectivity index (χ0v) is 31.3. The van der Waals surface area contributed by atoms with E-state index in [1.165, 1.54) is 18.8 Å². The summed E-state index contributed by atoms with van der Waals surface area (Å²) in [6, 6.07) is 9.14. The number of ether oxygens (including phenoxy) is 2. The number of thioether (sulfide) groups is 1. The predicted molar refractivity (Wildman–Crippen MR) is 202 cm³/mol. The quantitative estimate of drug-likeness (QED) is 0.0919. The number of carbonyl (C=O) groups excluding carboxylic acids is 1. The lowest BCUT2D eigenvalue weighted by molar-refractivity contribution is 0.162. The average molecular weight is 766 g/mol. The fraction of sp³-hybridized carbons (Fsp3) is 0.360. The number of aromatic nitrogens is 4. The molecule has 0 unspecified atom stereocenters. The van der Waals surface area contributed by atoms with E-state index in [1.807, 2.05) is 25.1 Å². The molecule has 0 atom stereocenters. The molecule has 1 N–H and O–H groups in total. The number of benzene rings is 1. The van der Waals surface area contributed by atoms with Crippen molar-refractivity contribution >= 4 is 132 Å². The number of rotatable bonds is 7. The third kappa shape index (κ3) is 6.33. The predicted octanol–water partition coefficient (Wildman–Crippen LogP) is 5.21. The monoisotopic (exact) mass is 765 g/mol. The molecule has 43 heavy (non-hydrogen) atoms. The standard InChI is InChI=1S/C25H27N5O3S10/c1-14-11-17(8-7-15(14)5-4-10-32-20(31)26-2)33-13-18-28-29-19(30(18)16-6-3-9-27-12-16)43-25(42)23(38,39)21(34,35)22(36,37)24(25,40)41/h3,6-9,11-12,34-42H,10,13H2,1-2H3,(H,26,31). The van der Waals surface area contributed by atoms with Crippen molar-refractivity contribution in [3.8, 4) is 23.3 Å². The van der Waals surface area contributed by atoms with Crippen LogP contribution in [-0.2, 0) is 11.3 Å². The Morgan fingerprint density at radius 2 is 1.67 bits per heavy atom. The molecule has 1 amide bonds. The number of hydrogen-bond donors (Lipinski definition) is 10. The number of carbonyl (C=O) groups is 1. The van der Waals surface area contributed by atoms with Crippen molar-refractivity contribution in [1.29, 1.82) is 0 Å². The minimum absolute atomic E-state index is 0.0235.